The number of rotatable bonds is 5. The molecule has 0 aliphatic rings. The summed E-state index contributed by atoms with van der Waals surface area (Å²) in [7, 11) is 0. The van der Waals surface area contributed by atoms with Crippen molar-refractivity contribution in [3.63, 3.8) is 0 Å². The van der Waals surface area contributed by atoms with Crippen LogP contribution in [0.2, 0.25) is 10.0 Å². The highest BCUT2D eigenvalue weighted by molar-refractivity contribution is 6.42. The van der Waals surface area contributed by atoms with E-state index in [9.17, 15) is 0 Å². The average molecular weight is 310 g/mol. The second-order valence-electron chi connectivity index (χ2n) is 3.91. The van der Waals surface area contributed by atoms with E-state index < -0.39 is 0 Å². The van der Waals surface area contributed by atoms with E-state index in [1.807, 2.05) is 0 Å². The Morgan fingerprint density at radius 1 is 1.20 bits per heavy atom. The molecule has 1 aromatic carbocycles. The van der Waals surface area contributed by atoms with Gasteiger partial charge in [0.1, 0.15) is 12.0 Å². The number of aromatic nitrogens is 2. The van der Waals surface area contributed by atoms with Crippen LogP contribution < -0.4 is 16.4 Å². The van der Waals surface area contributed by atoms with E-state index in [1.165, 1.54) is 6.33 Å². The molecule has 0 fully saturated rings. The second-order valence-corrected chi connectivity index (χ2v) is 4.72. The molecule has 104 valence electrons. The standard InChI is InChI=1S/C13H13Cl2N5/c1-2-5-17-12-11(16)13(19-7-18-12)20-8-3-4-9(14)10(15)6-8/h2-4,6-7H,1,5,16H2,(H2,17,18,19,20). The van der Waals surface area contributed by atoms with Gasteiger partial charge in [-0.1, -0.05) is 29.3 Å². The first kappa shape index (κ1) is 14.4. The van der Waals surface area contributed by atoms with Crippen LogP contribution in [0.5, 0.6) is 0 Å². The molecule has 1 aromatic heterocycles. The first-order valence-electron chi connectivity index (χ1n) is 5.79. The van der Waals surface area contributed by atoms with E-state index in [-0.39, 0.29) is 0 Å². The van der Waals surface area contributed by atoms with E-state index >= 15 is 0 Å². The zero-order valence-electron chi connectivity index (χ0n) is 10.5. The van der Waals surface area contributed by atoms with Crippen LogP contribution in [-0.2, 0) is 0 Å². The Hall–Kier alpha value is -1.98. The lowest BCUT2D eigenvalue weighted by molar-refractivity contribution is 1.14. The number of nitrogens with zero attached hydrogens (tertiary/aromatic N) is 2. The molecule has 0 amide bonds. The van der Waals surface area contributed by atoms with E-state index in [2.05, 4.69) is 27.2 Å². The maximum absolute atomic E-state index is 6.00. The molecule has 4 N–H and O–H groups in total. The van der Waals surface area contributed by atoms with Gasteiger partial charge in [-0.25, -0.2) is 9.97 Å². The molecule has 0 spiro atoms. The number of halogens is 2. The van der Waals surface area contributed by atoms with Gasteiger partial charge in [-0.3, -0.25) is 0 Å². The van der Waals surface area contributed by atoms with Crippen molar-refractivity contribution in [3.8, 4) is 0 Å². The smallest absolute Gasteiger partial charge is 0.159 e. The lowest BCUT2D eigenvalue weighted by Gasteiger charge is -2.12. The van der Waals surface area contributed by atoms with Crippen LogP contribution in [0.1, 0.15) is 0 Å². The number of nitrogens with two attached hydrogens (primary N) is 1. The largest absolute Gasteiger partial charge is 0.393 e. The van der Waals surface area contributed by atoms with Gasteiger partial charge in [-0.2, -0.15) is 0 Å². The van der Waals surface area contributed by atoms with Gasteiger partial charge < -0.3 is 16.4 Å². The van der Waals surface area contributed by atoms with Crippen molar-refractivity contribution < 1.29 is 0 Å². The fourth-order valence-corrected chi connectivity index (χ4v) is 1.81. The molecule has 20 heavy (non-hydrogen) atoms. The number of benzene rings is 1. The van der Waals surface area contributed by atoms with Crippen LogP contribution in [0.15, 0.2) is 37.2 Å². The van der Waals surface area contributed by atoms with Crippen LogP contribution >= 0.6 is 23.2 Å². The Balaban J connectivity index is 2.24. The summed E-state index contributed by atoms with van der Waals surface area (Å²) in [5, 5.41) is 7.04. The average Bonchev–Trinajstić information content (AvgIpc) is 2.44. The third-order valence-corrected chi connectivity index (χ3v) is 3.22. The minimum absolute atomic E-state index is 0.417. The second kappa shape index (κ2) is 6.45. The fraction of sp³-hybridized carbons (Fsp3) is 0.0769. The lowest BCUT2D eigenvalue weighted by Crippen LogP contribution is -2.07. The summed E-state index contributed by atoms with van der Waals surface area (Å²) in [6.07, 6.45) is 3.13. The third kappa shape index (κ3) is 3.31. The van der Waals surface area contributed by atoms with E-state index in [1.54, 1.807) is 24.3 Å². The molecule has 0 radical (unpaired) electrons. The molecule has 0 saturated heterocycles. The third-order valence-electron chi connectivity index (χ3n) is 2.48. The molecule has 2 rings (SSSR count). The maximum Gasteiger partial charge on any atom is 0.159 e. The summed E-state index contributed by atoms with van der Waals surface area (Å²) < 4.78 is 0. The van der Waals surface area contributed by atoms with Crippen molar-refractivity contribution in [3.05, 3.63) is 47.2 Å². The Morgan fingerprint density at radius 2 is 1.95 bits per heavy atom. The topological polar surface area (TPSA) is 75.9 Å². The molecule has 0 bridgehead atoms. The Labute approximate surface area is 126 Å². The van der Waals surface area contributed by atoms with Crippen molar-refractivity contribution in [2.45, 2.75) is 0 Å². The van der Waals surface area contributed by atoms with E-state index in [0.29, 0.717) is 33.9 Å². The number of hydrogen-bond acceptors (Lipinski definition) is 5. The monoisotopic (exact) mass is 309 g/mol. The SMILES string of the molecule is C=CCNc1ncnc(Nc2ccc(Cl)c(Cl)c2)c1N. The Kier molecular flexibility index (Phi) is 4.65. The van der Waals surface area contributed by atoms with E-state index in [0.717, 1.165) is 5.69 Å². The molecule has 2 aromatic rings. The molecular formula is C13H13Cl2N5. The molecular weight excluding hydrogens is 297 g/mol. The zero-order valence-corrected chi connectivity index (χ0v) is 12.0. The van der Waals surface area contributed by atoms with Crippen molar-refractivity contribution in [1.29, 1.82) is 0 Å². The molecule has 0 aliphatic carbocycles. The van der Waals surface area contributed by atoms with Crippen molar-refractivity contribution in [1.82, 2.24) is 9.97 Å². The van der Waals surface area contributed by atoms with Gasteiger partial charge in [0.25, 0.3) is 0 Å². The van der Waals surface area contributed by atoms with Gasteiger partial charge in [0, 0.05) is 12.2 Å². The molecule has 0 aliphatic heterocycles. The van der Waals surface area contributed by atoms with Crippen LogP contribution in [0.4, 0.5) is 23.0 Å². The van der Waals surface area contributed by atoms with Crippen LogP contribution in [0, 0.1) is 0 Å². The predicted octanol–water partition coefficient (Wildman–Crippen LogP) is 3.71. The summed E-state index contributed by atoms with van der Waals surface area (Å²) in [6.45, 7) is 4.19. The lowest BCUT2D eigenvalue weighted by atomic mass is 10.3. The highest BCUT2D eigenvalue weighted by atomic mass is 35.5. The Morgan fingerprint density at radius 3 is 2.65 bits per heavy atom. The van der Waals surface area contributed by atoms with E-state index in [4.69, 9.17) is 28.9 Å². The number of hydrogen-bond donors (Lipinski definition) is 3. The molecule has 5 nitrogen and oxygen atoms in total. The fourth-order valence-electron chi connectivity index (χ4n) is 1.52. The summed E-state index contributed by atoms with van der Waals surface area (Å²) in [4.78, 5) is 8.17. The normalized spacial score (nSPS) is 10.1. The summed E-state index contributed by atoms with van der Waals surface area (Å²) >= 11 is 11.8. The van der Waals surface area contributed by atoms with Gasteiger partial charge >= 0.3 is 0 Å². The van der Waals surface area contributed by atoms with Gasteiger partial charge in [0.15, 0.2) is 11.6 Å². The highest BCUT2D eigenvalue weighted by Crippen LogP contribution is 2.29. The number of nitrogen functional groups attached to an aromatic ring is 1. The summed E-state index contributed by atoms with van der Waals surface area (Å²) in [5.74, 6) is 1.03. The van der Waals surface area contributed by atoms with Crippen LogP contribution in [-0.4, -0.2) is 16.5 Å². The molecule has 7 heteroatoms. The minimum atomic E-state index is 0.417. The number of anilines is 4. The minimum Gasteiger partial charge on any atom is -0.393 e. The van der Waals surface area contributed by atoms with Gasteiger partial charge in [-0.15, -0.1) is 6.58 Å². The molecule has 0 saturated carbocycles. The quantitative estimate of drug-likeness (QED) is 0.734. The van der Waals surface area contributed by atoms with Crippen molar-refractivity contribution >= 4 is 46.2 Å². The Bertz CT molecular complexity index is 630. The van der Waals surface area contributed by atoms with Crippen molar-refractivity contribution in [2.75, 3.05) is 22.9 Å². The molecule has 0 unspecified atom stereocenters. The molecule has 0 atom stereocenters. The zero-order chi connectivity index (χ0) is 14.5. The first-order chi connectivity index (χ1) is 9.61. The maximum atomic E-state index is 6.00. The van der Waals surface area contributed by atoms with Gasteiger partial charge in [-0.05, 0) is 18.2 Å². The van der Waals surface area contributed by atoms with Crippen molar-refractivity contribution in [2.24, 2.45) is 0 Å². The summed E-state index contributed by atoms with van der Waals surface area (Å²) in [5.41, 5.74) is 7.15. The molecule has 1 heterocycles. The number of nitrogens with one attached hydrogen (secondary N) is 2. The van der Waals surface area contributed by atoms with Crippen LogP contribution in [0.3, 0.4) is 0 Å². The highest BCUT2D eigenvalue weighted by Gasteiger charge is 2.08. The van der Waals surface area contributed by atoms with Gasteiger partial charge in [0.05, 0.1) is 10.0 Å². The summed E-state index contributed by atoms with van der Waals surface area (Å²) in [6, 6.07) is 5.18. The van der Waals surface area contributed by atoms with Gasteiger partial charge in [0.2, 0.25) is 0 Å². The first-order valence-corrected chi connectivity index (χ1v) is 6.54. The van der Waals surface area contributed by atoms with Crippen LogP contribution in [0.25, 0.3) is 0 Å². The predicted molar refractivity (Wildman–Crippen MR) is 84.9 cm³/mol.